The monoisotopic (exact) mass is 1020 g/mol. The third-order valence-electron chi connectivity index (χ3n) is 11.5. The first-order chi connectivity index (χ1) is 35.0. The first-order valence-electron chi connectivity index (χ1n) is 28.2. The van der Waals surface area contributed by atoms with Crippen LogP contribution in [-0.4, -0.2) is 73.4 Å². The fraction of sp³-hybridized carbons (Fsp3) is 0.603. The number of carbonyl (C=O) groups excluding carboxylic acids is 1. The molecule has 3 unspecified atom stereocenters. The van der Waals surface area contributed by atoms with Gasteiger partial charge in [-0.05, 0) is 116 Å². The van der Waals surface area contributed by atoms with Gasteiger partial charge in [-0.15, -0.1) is 0 Å². The molecule has 0 saturated heterocycles. The van der Waals surface area contributed by atoms with E-state index in [1.54, 1.807) is 6.08 Å². The smallest absolute Gasteiger partial charge is 0.387 e. The Morgan fingerprint density at radius 3 is 1.28 bits per heavy atom. The van der Waals surface area contributed by atoms with Crippen LogP contribution >= 0.6 is 7.82 Å². The Balaban J connectivity index is 4.35. The van der Waals surface area contributed by atoms with Crippen molar-refractivity contribution in [3.05, 3.63) is 146 Å². The van der Waals surface area contributed by atoms with Gasteiger partial charge in [0.15, 0.2) is 0 Å². The van der Waals surface area contributed by atoms with Gasteiger partial charge in [0.1, 0.15) is 13.2 Å². The van der Waals surface area contributed by atoms with Gasteiger partial charge in [0.25, 0.3) is 0 Å². The van der Waals surface area contributed by atoms with E-state index in [2.05, 4.69) is 153 Å². The van der Waals surface area contributed by atoms with E-state index in [4.69, 9.17) is 9.05 Å². The van der Waals surface area contributed by atoms with Crippen LogP contribution in [0.1, 0.15) is 194 Å². The van der Waals surface area contributed by atoms with Gasteiger partial charge in [0, 0.05) is 6.42 Å². The molecule has 0 radical (unpaired) electrons. The minimum Gasteiger partial charge on any atom is -0.387 e. The zero-order chi connectivity index (χ0) is 52.7. The number of hydrogen-bond acceptors (Lipinski definition) is 5. The minimum atomic E-state index is -4.37. The molecule has 0 aromatic heterocycles. The molecule has 72 heavy (non-hydrogen) atoms. The number of aliphatic hydroxyl groups excluding tert-OH is 1. The topological polar surface area (TPSA) is 105 Å². The van der Waals surface area contributed by atoms with Gasteiger partial charge in [-0.2, -0.15) is 0 Å². The summed E-state index contributed by atoms with van der Waals surface area (Å²) in [7, 11) is 1.51. The third-order valence-corrected chi connectivity index (χ3v) is 12.5. The largest absolute Gasteiger partial charge is 0.472 e. The summed E-state index contributed by atoms with van der Waals surface area (Å²) >= 11 is 0. The van der Waals surface area contributed by atoms with Crippen LogP contribution in [0, 0.1) is 0 Å². The van der Waals surface area contributed by atoms with Gasteiger partial charge in [-0.25, -0.2) is 4.57 Å². The van der Waals surface area contributed by atoms with Crippen molar-refractivity contribution in [2.75, 3.05) is 40.9 Å². The molecule has 0 aliphatic rings. The molecule has 0 spiro atoms. The number of carbonyl (C=O) groups is 1. The van der Waals surface area contributed by atoms with Crippen molar-refractivity contribution in [1.29, 1.82) is 0 Å². The molecular weight excluding hydrogens is 912 g/mol. The molecule has 3 N–H and O–H groups in total. The molecule has 0 fully saturated rings. The number of nitrogens with zero attached hydrogens (tertiary/aromatic N) is 1. The molecule has 0 rings (SSSR count). The molecule has 8 nitrogen and oxygen atoms in total. The van der Waals surface area contributed by atoms with Crippen LogP contribution in [0.2, 0.25) is 0 Å². The van der Waals surface area contributed by atoms with Crippen LogP contribution in [0.3, 0.4) is 0 Å². The Morgan fingerprint density at radius 2 is 0.847 bits per heavy atom. The maximum absolute atomic E-state index is 13.0. The summed E-state index contributed by atoms with van der Waals surface area (Å²) in [6.45, 7) is 4.62. The number of phosphoric ester groups is 1. The van der Waals surface area contributed by atoms with Crippen LogP contribution in [0.25, 0.3) is 0 Å². The maximum atomic E-state index is 13.0. The number of nitrogens with one attached hydrogen (secondary N) is 1. The van der Waals surface area contributed by atoms with Crippen LogP contribution in [-0.2, 0) is 18.4 Å². The number of unbranched alkanes of at least 4 members (excludes halogenated alkanes) is 14. The number of hydrogen-bond donors (Lipinski definition) is 3. The fourth-order valence-corrected chi connectivity index (χ4v) is 7.86. The lowest BCUT2D eigenvalue weighted by molar-refractivity contribution is -0.870. The maximum Gasteiger partial charge on any atom is 0.472 e. The number of aliphatic hydroxyl groups is 1. The van der Waals surface area contributed by atoms with E-state index in [-0.39, 0.29) is 19.1 Å². The number of amides is 1. The van der Waals surface area contributed by atoms with E-state index >= 15 is 0 Å². The molecule has 0 aliphatic heterocycles. The highest BCUT2D eigenvalue weighted by Crippen LogP contribution is 2.43. The Labute approximate surface area is 442 Å². The lowest BCUT2D eigenvalue weighted by Gasteiger charge is -2.25. The normalized spacial score (nSPS) is 15.0. The summed E-state index contributed by atoms with van der Waals surface area (Å²) in [6, 6.07) is -0.892. The summed E-state index contributed by atoms with van der Waals surface area (Å²) in [5, 5.41) is 13.9. The molecule has 9 heteroatoms. The average Bonchev–Trinajstić information content (AvgIpc) is 3.34. The van der Waals surface area contributed by atoms with Crippen molar-refractivity contribution in [1.82, 2.24) is 5.32 Å². The molecular formula is C63H106N2O6P+. The minimum absolute atomic E-state index is 0.0409. The molecule has 0 aliphatic carbocycles. The Hall–Kier alpha value is -3.62. The Bertz CT molecular complexity index is 1670. The predicted octanol–water partition coefficient (Wildman–Crippen LogP) is 17.3. The zero-order valence-electron chi connectivity index (χ0n) is 46.4. The van der Waals surface area contributed by atoms with Crippen LogP contribution in [0.4, 0.5) is 0 Å². The summed E-state index contributed by atoms with van der Waals surface area (Å²) in [4.78, 5) is 23.3. The van der Waals surface area contributed by atoms with Crippen LogP contribution < -0.4 is 5.32 Å². The second-order valence-corrected chi connectivity index (χ2v) is 21.0. The predicted molar refractivity (Wildman–Crippen MR) is 313 cm³/mol. The second kappa shape index (κ2) is 52.3. The number of quaternary nitrogens is 1. The molecule has 0 saturated carbocycles. The summed E-state index contributed by atoms with van der Waals surface area (Å²) in [5.41, 5.74) is 0. The Kier molecular flexibility index (Phi) is 49.6. The van der Waals surface area contributed by atoms with Gasteiger partial charge in [-0.1, -0.05) is 217 Å². The second-order valence-electron chi connectivity index (χ2n) is 19.6. The summed E-state index contributed by atoms with van der Waals surface area (Å²) < 4.78 is 23.6. The van der Waals surface area contributed by atoms with Crippen LogP contribution in [0.15, 0.2) is 146 Å². The lowest BCUT2D eigenvalue weighted by atomic mass is 10.1. The van der Waals surface area contributed by atoms with E-state index in [0.29, 0.717) is 17.4 Å². The van der Waals surface area contributed by atoms with E-state index in [1.807, 2.05) is 27.2 Å². The fourth-order valence-electron chi connectivity index (χ4n) is 7.12. The number of rotatable bonds is 49. The quantitative estimate of drug-likeness (QED) is 0.0243. The van der Waals surface area contributed by atoms with Crippen molar-refractivity contribution in [3.8, 4) is 0 Å². The standard InChI is InChI=1S/C63H105N2O6P/c1-6-8-10-12-14-16-18-20-22-24-25-26-27-28-29-30-31-32-33-34-35-36-37-38-39-41-43-45-47-49-51-53-55-57-63(67)64-61(60-71-72(68,69)70-59-58-65(3,4)5)62(66)56-54-52-50-48-46-44-42-40-23-21-19-17-15-13-11-9-7-2/h8,10,14,16,20,22-23,25-26,28-29,31-32,34-35,37-38,40-41,43,46,48,54,56,61-62,66H,6-7,9,11-13,15,17-19,21,24,27,30,33,36,39,42,44-45,47,49-53,55,57-60H2,1-5H3,(H-,64,67,68,69)/p+1/b10-8-,16-14-,22-20-,26-25-,29-28-,32-31-,35-34-,38-37-,40-23+,43-41-,48-46+,56-54+. The number of phosphoric acid groups is 1. The molecule has 0 heterocycles. The number of allylic oxidation sites excluding steroid dienone is 23. The highest BCUT2D eigenvalue weighted by atomic mass is 31.2. The molecule has 0 aromatic rings. The highest BCUT2D eigenvalue weighted by Gasteiger charge is 2.27. The number of likely N-dealkylation sites (N-methyl/N-ethyl adjacent to an activating group) is 1. The molecule has 0 aromatic carbocycles. The van der Waals surface area contributed by atoms with E-state index in [0.717, 1.165) is 122 Å². The van der Waals surface area contributed by atoms with Gasteiger partial charge >= 0.3 is 7.82 Å². The first kappa shape index (κ1) is 68.4. The third kappa shape index (κ3) is 54.2. The average molecular weight is 1020 g/mol. The SMILES string of the molecule is CC/C=C\C/C=C\C/C=C\C/C=C\C/C=C\C/C=C\C/C=C\C/C=C\C/C=C\CCCCCCCC(=O)NC(COP(=O)(O)OCC[N+](C)(C)C)C(O)/C=C/CC/C=C/CC/C=C/CCCCCCCCC. The Morgan fingerprint density at radius 1 is 0.486 bits per heavy atom. The van der Waals surface area contributed by atoms with Crippen LogP contribution in [0.5, 0.6) is 0 Å². The lowest BCUT2D eigenvalue weighted by Crippen LogP contribution is -2.45. The van der Waals surface area contributed by atoms with Gasteiger partial charge in [-0.3, -0.25) is 13.8 Å². The molecule has 3 atom stereocenters. The van der Waals surface area contributed by atoms with Crippen molar-refractivity contribution in [2.45, 2.75) is 206 Å². The zero-order valence-corrected chi connectivity index (χ0v) is 47.2. The van der Waals surface area contributed by atoms with E-state index in [9.17, 15) is 19.4 Å². The van der Waals surface area contributed by atoms with Crippen molar-refractivity contribution < 1.29 is 32.9 Å². The highest BCUT2D eigenvalue weighted by molar-refractivity contribution is 7.47. The van der Waals surface area contributed by atoms with E-state index < -0.39 is 20.0 Å². The van der Waals surface area contributed by atoms with Crippen molar-refractivity contribution in [3.63, 3.8) is 0 Å². The first-order valence-corrected chi connectivity index (χ1v) is 29.7. The molecule has 0 bridgehead atoms. The van der Waals surface area contributed by atoms with Gasteiger partial charge < -0.3 is 19.8 Å². The van der Waals surface area contributed by atoms with Crippen molar-refractivity contribution in [2.24, 2.45) is 0 Å². The van der Waals surface area contributed by atoms with Gasteiger partial charge in [0.05, 0.1) is 39.9 Å². The molecule has 1 amide bonds. The van der Waals surface area contributed by atoms with Gasteiger partial charge in [0.2, 0.25) is 5.91 Å². The molecule has 408 valence electrons. The summed E-state index contributed by atoms with van der Waals surface area (Å²) in [6.07, 6.45) is 80.9. The van der Waals surface area contributed by atoms with E-state index in [1.165, 1.54) is 51.4 Å². The summed E-state index contributed by atoms with van der Waals surface area (Å²) in [5.74, 6) is -0.217. The van der Waals surface area contributed by atoms with Crippen molar-refractivity contribution >= 4 is 13.7 Å².